The summed E-state index contributed by atoms with van der Waals surface area (Å²) in [7, 11) is 1.73. The van der Waals surface area contributed by atoms with Gasteiger partial charge >= 0.3 is 0 Å². The lowest BCUT2D eigenvalue weighted by Gasteiger charge is -1.84. The zero-order valence-corrected chi connectivity index (χ0v) is 7.71. The van der Waals surface area contributed by atoms with Gasteiger partial charge in [0.2, 0.25) is 0 Å². The molecule has 0 spiro atoms. The van der Waals surface area contributed by atoms with Gasteiger partial charge in [-0.15, -0.1) is 0 Å². The van der Waals surface area contributed by atoms with Gasteiger partial charge < -0.3 is 0 Å². The van der Waals surface area contributed by atoms with Gasteiger partial charge in [0.15, 0.2) is 0 Å². The molecule has 0 saturated heterocycles. The molecule has 0 amide bonds. The van der Waals surface area contributed by atoms with Gasteiger partial charge in [0.05, 0.1) is 3.70 Å². The van der Waals surface area contributed by atoms with Gasteiger partial charge in [-0.3, -0.25) is 4.99 Å². The largest absolute Gasteiger partial charge is 0.292 e. The second-order valence-electron chi connectivity index (χ2n) is 1.50. The zero-order valence-electron chi connectivity index (χ0n) is 5.56. The van der Waals surface area contributed by atoms with Gasteiger partial charge in [-0.2, -0.15) is 0 Å². The van der Waals surface area contributed by atoms with Crippen LogP contribution in [0.4, 0.5) is 0 Å². The number of aliphatic imine (C=N–C) groups is 2. The van der Waals surface area contributed by atoms with E-state index in [1.807, 2.05) is 29.5 Å². The topological polar surface area (TPSA) is 24.7 Å². The molecule has 0 aromatic carbocycles. The number of rotatable bonds is 2. The predicted octanol–water partition coefficient (Wildman–Crippen LogP) is 2.05. The molecular formula is C6H9IN2. The third-order valence-electron chi connectivity index (χ3n) is 0.744. The summed E-state index contributed by atoms with van der Waals surface area (Å²) in [4.78, 5) is 7.82. The van der Waals surface area contributed by atoms with Crippen LogP contribution in [0.25, 0.3) is 0 Å². The van der Waals surface area contributed by atoms with Gasteiger partial charge in [0.1, 0.15) is 0 Å². The van der Waals surface area contributed by atoms with Crippen LogP contribution in [0.2, 0.25) is 0 Å². The molecule has 0 fully saturated rings. The molecule has 0 radical (unpaired) electrons. The van der Waals surface area contributed by atoms with Gasteiger partial charge in [-0.05, 0) is 29.5 Å². The molecule has 0 heterocycles. The maximum Gasteiger partial charge on any atom is 0.0938 e. The van der Waals surface area contributed by atoms with E-state index < -0.39 is 0 Å². The number of halogens is 1. The van der Waals surface area contributed by atoms with Crippen molar-refractivity contribution in [3.63, 3.8) is 0 Å². The first-order valence-corrected chi connectivity index (χ1v) is 3.56. The van der Waals surface area contributed by atoms with Crippen LogP contribution in [-0.4, -0.2) is 19.0 Å². The van der Waals surface area contributed by atoms with Crippen LogP contribution in [0.15, 0.2) is 20.3 Å². The summed E-state index contributed by atoms with van der Waals surface area (Å²) in [6.45, 7) is 5.49. The summed E-state index contributed by atoms with van der Waals surface area (Å²) in [5.74, 6) is 0. The molecule has 0 bridgehead atoms. The Labute approximate surface area is 68.9 Å². The maximum atomic E-state index is 3.93. The Hall–Kier alpha value is -0.190. The first kappa shape index (κ1) is 8.81. The highest BCUT2D eigenvalue weighted by Crippen LogP contribution is 2.00. The Balaban J connectivity index is 3.86. The average molecular weight is 236 g/mol. The van der Waals surface area contributed by atoms with E-state index in [2.05, 4.69) is 16.6 Å². The van der Waals surface area contributed by atoms with E-state index >= 15 is 0 Å². The Morgan fingerprint density at radius 2 is 2.22 bits per heavy atom. The van der Waals surface area contributed by atoms with Gasteiger partial charge in [0, 0.05) is 19.0 Å². The van der Waals surface area contributed by atoms with Crippen molar-refractivity contribution in [1.82, 2.24) is 0 Å². The Bertz CT molecular complexity index is 158. The Kier molecular flexibility index (Phi) is 4.57. The zero-order chi connectivity index (χ0) is 7.28. The Morgan fingerprint density at radius 1 is 1.67 bits per heavy atom. The molecule has 0 rings (SSSR count). The predicted molar refractivity (Wildman–Crippen MR) is 50.7 cm³/mol. The average Bonchev–Trinajstić information content (AvgIpc) is 1.83. The fourth-order valence-electron chi connectivity index (χ4n) is 0.221. The van der Waals surface area contributed by atoms with Gasteiger partial charge in [-0.25, -0.2) is 4.99 Å². The molecule has 0 aromatic heterocycles. The number of nitrogens with zero attached hydrogens (tertiary/aromatic N) is 2. The van der Waals surface area contributed by atoms with Crippen molar-refractivity contribution in [2.75, 3.05) is 7.05 Å². The van der Waals surface area contributed by atoms with Crippen LogP contribution in [0, 0.1) is 0 Å². The first-order valence-electron chi connectivity index (χ1n) is 2.48. The second kappa shape index (κ2) is 4.67. The molecule has 3 heteroatoms. The van der Waals surface area contributed by atoms with Gasteiger partial charge in [0.25, 0.3) is 0 Å². The first-order chi connectivity index (χ1) is 4.16. The van der Waals surface area contributed by atoms with Crippen molar-refractivity contribution in [3.8, 4) is 0 Å². The van der Waals surface area contributed by atoms with Crippen molar-refractivity contribution in [2.45, 2.75) is 6.92 Å². The highest BCUT2D eigenvalue weighted by atomic mass is 127. The van der Waals surface area contributed by atoms with Crippen molar-refractivity contribution >= 4 is 34.5 Å². The van der Waals surface area contributed by atoms with E-state index in [1.165, 1.54) is 0 Å². The van der Waals surface area contributed by atoms with Crippen molar-refractivity contribution < 1.29 is 0 Å². The third-order valence-corrected chi connectivity index (χ3v) is 1.02. The highest BCUT2D eigenvalue weighted by Gasteiger charge is 1.79. The molecule has 0 N–H and O–H groups in total. The minimum atomic E-state index is 0.774. The molecule has 0 atom stereocenters. The SMILES string of the molecule is C=C(I)N=CC(C)=NC. The minimum Gasteiger partial charge on any atom is -0.292 e. The van der Waals surface area contributed by atoms with Crippen molar-refractivity contribution in [1.29, 1.82) is 0 Å². The molecule has 50 valence electrons. The number of hydrogen-bond acceptors (Lipinski definition) is 2. The van der Waals surface area contributed by atoms with E-state index in [0.717, 1.165) is 9.42 Å². The van der Waals surface area contributed by atoms with Crippen LogP contribution in [0.1, 0.15) is 6.92 Å². The molecule has 0 aliphatic rings. The van der Waals surface area contributed by atoms with E-state index in [-0.39, 0.29) is 0 Å². The normalized spacial score (nSPS) is 12.6. The molecule has 0 aromatic rings. The summed E-state index contributed by atoms with van der Waals surface area (Å²) in [5, 5.41) is 0. The quantitative estimate of drug-likeness (QED) is 0.398. The fourth-order valence-corrected chi connectivity index (χ4v) is 0.360. The molecule has 2 nitrogen and oxygen atoms in total. The standard InChI is InChI=1S/C6H9IN2/c1-5(8-3)4-9-6(2)7/h4H,2H2,1,3H3. The second-order valence-corrected chi connectivity index (χ2v) is 2.74. The maximum absolute atomic E-state index is 3.93. The molecule has 0 saturated carbocycles. The van der Waals surface area contributed by atoms with Crippen LogP contribution in [0.5, 0.6) is 0 Å². The van der Waals surface area contributed by atoms with Crippen molar-refractivity contribution in [2.24, 2.45) is 9.98 Å². The van der Waals surface area contributed by atoms with Crippen molar-refractivity contribution in [3.05, 3.63) is 10.3 Å². The lowest BCUT2D eigenvalue weighted by molar-refractivity contribution is 1.44. The fraction of sp³-hybridized carbons (Fsp3) is 0.333. The minimum absolute atomic E-state index is 0.774. The summed E-state index contributed by atoms with van der Waals surface area (Å²) in [5.41, 5.74) is 0.910. The van der Waals surface area contributed by atoms with Crippen LogP contribution < -0.4 is 0 Å². The highest BCUT2D eigenvalue weighted by molar-refractivity contribution is 14.1. The molecular weight excluding hydrogens is 227 g/mol. The summed E-state index contributed by atoms with van der Waals surface area (Å²) < 4.78 is 0.774. The van der Waals surface area contributed by atoms with E-state index in [4.69, 9.17) is 0 Å². The third kappa shape index (κ3) is 5.68. The summed E-state index contributed by atoms with van der Waals surface area (Å²) >= 11 is 2.04. The lowest BCUT2D eigenvalue weighted by Crippen LogP contribution is -1.90. The molecule has 0 aliphatic carbocycles. The van der Waals surface area contributed by atoms with E-state index in [0.29, 0.717) is 0 Å². The smallest absolute Gasteiger partial charge is 0.0938 e. The monoisotopic (exact) mass is 236 g/mol. The van der Waals surface area contributed by atoms with Gasteiger partial charge in [-0.1, -0.05) is 6.58 Å². The van der Waals surface area contributed by atoms with Crippen LogP contribution in [0.3, 0.4) is 0 Å². The Morgan fingerprint density at radius 3 is 2.56 bits per heavy atom. The molecule has 0 aliphatic heterocycles. The summed E-state index contributed by atoms with van der Waals surface area (Å²) in [6.07, 6.45) is 1.69. The molecule has 0 unspecified atom stereocenters. The number of hydrogen-bond donors (Lipinski definition) is 0. The van der Waals surface area contributed by atoms with E-state index in [9.17, 15) is 0 Å². The lowest BCUT2D eigenvalue weighted by atomic mass is 10.5. The van der Waals surface area contributed by atoms with E-state index in [1.54, 1.807) is 13.3 Å². The van der Waals surface area contributed by atoms with Crippen LogP contribution in [-0.2, 0) is 0 Å². The van der Waals surface area contributed by atoms with Crippen LogP contribution >= 0.6 is 22.6 Å². The molecule has 9 heavy (non-hydrogen) atoms. The summed E-state index contributed by atoms with van der Waals surface area (Å²) in [6, 6.07) is 0.